The highest BCUT2D eigenvalue weighted by atomic mass is 127. The third kappa shape index (κ3) is 10.3. The first-order chi connectivity index (χ1) is 26.8. The summed E-state index contributed by atoms with van der Waals surface area (Å²) in [5.74, 6) is 0.337. The van der Waals surface area contributed by atoms with Gasteiger partial charge in [-0.05, 0) is 153 Å². The minimum Gasteiger partial charge on any atom is -0.506 e. The summed E-state index contributed by atoms with van der Waals surface area (Å²) in [7, 11) is 3.66. The van der Waals surface area contributed by atoms with E-state index >= 15 is 0 Å². The molecule has 2 aromatic heterocycles. The Bertz CT molecular complexity index is 2440. The smallest absolute Gasteiger partial charge is 0.297 e. The summed E-state index contributed by atoms with van der Waals surface area (Å²) in [5.41, 5.74) is 4.59. The Balaban J connectivity index is 0.000000186. The van der Waals surface area contributed by atoms with Gasteiger partial charge < -0.3 is 10.2 Å². The van der Waals surface area contributed by atoms with Crippen molar-refractivity contribution in [2.45, 2.75) is 13.8 Å². The SMILES string of the molecule is Cc1c(N=Cc2cc(I)cc(I)c2O)c(=O)n(-c2ccccc2)n1C.Cc1c(N=Cc2cc(I)cc(I)c2O)c(=O)n(-c2ccccc2)n1C.c1ccccc1. The number of para-hydroxylation sites is 2. The third-order valence-electron chi connectivity index (χ3n) is 8.50. The van der Waals surface area contributed by atoms with Crippen LogP contribution < -0.4 is 11.1 Å². The topological polar surface area (TPSA) is 119 Å². The summed E-state index contributed by atoms with van der Waals surface area (Å²) in [5, 5.41) is 20.4. The molecule has 0 bridgehead atoms. The van der Waals surface area contributed by atoms with Crippen molar-refractivity contribution in [3.8, 4) is 22.9 Å². The first-order valence-corrected chi connectivity index (χ1v) is 21.2. The average Bonchev–Trinajstić information content (AvgIpc) is 3.55. The highest BCUT2D eigenvalue weighted by Gasteiger charge is 2.17. The van der Waals surface area contributed by atoms with Crippen LogP contribution in [0.4, 0.5) is 11.4 Å². The molecule has 7 aromatic rings. The van der Waals surface area contributed by atoms with Gasteiger partial charge in [0.1, 0.15) is 11.5 Å². The Kier molecular flexibility index (Phi) is 15.3. The van der Waals surface area contributed by atoms with E-state index in [0.717, 1.165) is 37.0 Å². The Morgan fingerprint density at radius 3 is 1.14 bits per heavy atom. The predicted molar refractivity (Wildman–Crippen MR) is 260 cm³/mol. The fourth-order valence-electron chi connectivity index (χ4n) is 5.43. The lowest BCUT2D eigenvalue weighted by Crippen LogP contribution is -2.19. The van der Waals surface area contributed by atoms with E-state index in [0.29, 0.717) is 22.5 Å². The molecule has 0 aliphatic rings. The van der Waals surface area contributed by atoms with E-state index in [1.54, 1.807) is 31.2 Å². The highest BCUT2D eigenvalue weighted by molar-refractivity contribution is 14.1. The molecule has 14 heteroatoms. The number of benzene rings is 5. The molecule has 0 amide bonds. The van der Waals surface area contributed by atoms with E-state index in [2.05, 4.69) is 100 Å². The summed E-state index contributed by atoms with van der Waals surface area (Å²) < 4.78 is 10.2. The average molecular weight is 1200 g/mol. The van der Waals surface area contributed by atoms with Crippen molar-refractivity contribution in [2.24, 2.45) is 24.1 Å². The van der Waals surface area contributed by atoms with Crippen LogP contribution in [0.15, 0.2) is 141 Å². The minimum atomic E-state index is -0.192. The number of hydrogen-bond acceptors (Lipinski definition) is 6. The number of aliphatic imine (C=N–C) groups is 2. The molecule has 2 N–H and O–H groups in total. The van der Waals surface area contributed by atoms with Gasteiger partial charge >= 0.3 is 0 Å². The Labute approximate surface area is 378 Å². The molecule has 0 fully saturated rings. The number of nitrogens with zero attached hydrogens (tertiary/aromatic N) is 6. The Hall–Kier alpha value is -4.02. The van der Waals surface area contributed by atoms with Gasteiger partial charge in [0, 0.05) is 44.8 Å². The fraction of sp³-hybridized carbons (Fsp3) is 0.0952. The van der Waals surface area contributed by atoms with Gasteiger partial charge in [-0.1, -0.05) is 72.8 Å². The molecule has 0 unspecified atom stereocenters. The molecule has 0 saturated carbocycles. The lowest BCUT2D eigenvalue weighted by Gasteiger charge is -2.07. The van der Waals surface area contributed by atoms with Crippen LogP contribution in [-0.2, 0) is 14.1 Å². The number of halogens is 4. The second-order valence-electron chi connectivity index (χ2n) is 12.1. The molecule has 56 heavy (non-hydrogen) atoms. The van der Waals surface area contributed by atoms with Crippen LogP contribution in [0.2, 0.25) is 0 Å². The zero-order valence-electron chi connectivity index (χ0n) is 30.6. The van der Waals surface area contributed by atoms with Crippen LogP contribution in [0.1, 0.15) is 22.5 Å². The number of aromatic nitrogens is 4. The number of hydrogen-bond donors (Lipinski definition) is 2. The third-order valence-corrected chi connectivity index (χ3v) is 11.4. The maximum absolute atomic E-state index is 12.8. The first-order valence-electron chi connectivity index (χ1n) is 16.9. The van der Waals surface area contributed by atoms with Crippen LogP contribution in [0.25, 0.3) is 11.4 Å². The van der Waals surface area contributed by atoms with Crippen LogP contribution in [0.5, 0.6) is 11.5 Å². The van der Waals surface area contributed by atoms with E-state index in [9.17, 15) is 19.8 Å². The van der Waals surface area contributed by atoms with Gasteiger partial charge in [0.05, 0.1) is 29.9 Å². The Morgan fingerprint density at radius 2 is 0.821 bits per heavy atom. The molecular formula is C42H36I4N6O4. The number of aromatic hydroxyl groups is 2. The largest absolute Gasteiger partial charge is 0.506 e. The molecule has 0 atom stereocenters. The van der Waals surface area contributed by atoms with Crippen molar-refractivity contribution in [3.63, 3.8) is 0 Å². The molecule has 0 aliphatic carbocycles. The van der Waals surface area contributed by atoms with Crippen LogP contribution in [-0.4, -0.2) is 41.4 Å². The predicted octanol–water partition coefficient (Wildman–Crippen LogP) is 9.99. The summed E-state index contributed by atoms with van der Waals surface area (Å²) in [4.78, 5) is 34.4. The van der Waals surface area contributed by atoms with E-state index in [4.69, 9.17) is 0 Å². The second-order valence-corrected chi connectivity index (χ2v) is 17.0. The van der Waals surface area contributed by atoms with E-state index in [1.807, 2.05) is 149 Å². The molecule has 0 saturated heterocycles. The molecule has 2 heterocycles. The molecule has 0 radical (unpaired) electrons. The van der Waals surface area contributed by atoms with Gasteiger partial charge in [0.15, 0.2) is 11.4 Å². The fourth-order valence-corrected chi connectivity index (χ4v) is 9.21. The van der Waals surface area contributed by atoms with Crippen LogP contribution >= 0.6 is 90.4 Å². The van der Waals surface area contributed by atoms with Gasteiger partial charge in [0.2, 0.25) is 0 Å². The van der Waals surface area contributed by atoms with E-state index < -0.39 is 0 Å². The molecule has 10 nitrogen and oxygen atoms in total. The van der Waals surface area contributed by atoms with Crippen LogP contribution in [0, 0.1) is 28.1 Å². The molecule has 286 valence electrons. The van der Waals surface area contributed by atoms with Gasteiger partial charge in [-0.25, -0.2) is 19.3 Å². The maximum Gasteiger partial charge on any atom is 0.297 e. The highest BCUT2D eigenvalue weighted by Crippen LogP contribution is 2.28. The molecule has 0 spiro atoms. The lowest BCUT2D eigenvalue weighted by molar-refractivity contribution is 0.470. The lowest BCUT2D eigenvalue weighted by atomic mass is 10.2. The van der Waals surface area contributed by atoms with E-state index in [1.165, 1.54) is 0 Å². The molecule has 0 aliphatic heterocycles. The number of rotatable bonds is 6. The first kappa shape index (κ1) is 43.1. The zero-order valence-corrected chi connectivity index (χ0v) is 39.2. The number of phenolic OH excluding ortho intramolecular Hbond substituents is 2. The monoisotopic (exact) mass is 1200 g/mol. The zero-order chi connectivity index (χ0) is 40.5. The number of phenols is 2. The maximum atomic E-state index is 12.8. The van der Waals surface area contributed by atoms with E-state index in [-0.39, 0.29) is 22.6 Å². The van der Waals surface area contributed by atoms with Gasteiger partial charge in [-0.2, -0.15) is 0 Å². The van der Waals surface area contributed by atoms with Gasteiger partial charge in [-0.15, -0.1) is 0 Å². The van der Waals surface area contributed by atoms with Gasteiger partial charge in [-0.3, -0.25) is 19.0 Å². The van der Waals surface area contributed by atoms with Crippen molar-refractivity contribution in [1.29, 1.82) is 0 Å². The van der Waals surface area contributed by atoms with Crippen molar-refractivity contribution in [2.75, 3.05) is 0 Å². The van der Waals surface area contributed by atoms with Crippen molar-refractivity contribution in [3.05, 3.63) is 179 Å². The molecule has 5 aromatic carbocycles. The Morgan fingerprint density at radius 1 is 0.518 bits per heavy atom. The summed E-state index contributed by atoms with van der Waals surface area (Å²) >= 11 is 8.52. The normalized spacial score (nSPS) is 11.0. The summed E-state index contributed by atoms with van der Waals surface area (Å²) in [6.45, 7) is 3.71. The summed E-state index contributed by atoms with van der Waals surface area (Å²) in [6, 6.07) is 38.3. The molecular weight excluding hydrogens is 1160 g/mol. The quantitative estimate of drug-likeness (QED) is 0.127. The minimum absolute atomic E-state index is 0.168. The standard InChI is InChI=1S/2C18H15I2N3O2.C6H6/c2*1-11-16(21-10-12-8-13(19)9-15(20)17(12)24)18(25)23(22(11)2)14-6-4-3-5-7-14;1-2-4-6-5-3-1/h2*3-10,24H,1-2H3;1-6H. The van der Waals surface area contributed by atoms with Crippen molar-refractivity contribution >= 4 is 114 Å². The molecule has 7 rings (SSSR count). The van der Waals surface area contributed by atoms with Gasteiger partial charge in [0.25, 0.3) is 11.1 Å². The summed E-state index contributed by atoms with van der Waals surface area (Å²) in [6.07, 6.45) is 3.08. The van der Waals surface area contributed by atoms with Crippen LogP contribution in [0.3, 0.4) is 0 Å². The van der Waals surface area contributed by atoms with Crippen molar-refractivity contribution in [1.82, 2.24) is 18.7 Å². The second kappa shape index (κ2) is 19.9. The van der Waals surface area contributed by atoms with Crippen molar-refractivity contribution < 1.29 is 10.2 Å².